The van der Waals surface area contributed by atoms with E-state index in [1.165, 1.54) is 5.32 Å². The minimum atomic E-state index is -1.23. The van der Waals surface area contributed by atoms with Gasteiger partial charge < -0.3 is 0 Å². The van der Waals surface area contributed by atoms with E-state index in [2.05, 4.69) is 24.6 Å². The molecule has 0 radical (unpaired) electrons. The fourth-order valence-electron chi connectivity index (χ4n) is 0.819. The summed E-state index contributed by atoms with van der Waals surface area (Å²) in [6.07, 6.45) is 1.72. The Bertz CT molecular complexity index is 237. The van der Waals surface area contributed by atoms with Crippen molar-refractivity contribution in [2.24, 2.45) is 0 Å². The van der Waals surface area contributed by atoms with Gasteiger partial charge in [0.25, 0.3) is 0 Å². The number of pyridine rings is 1. The molecule has 0 bridgehead atoms. The van der Waals surface area contributed by atoms with E-state index in [4.69, 9.17) is 11.6 Å². The molecule has 0 unspecified atom stereocenters. The molecular formula is C8H12ClNSi. The Kier molecular flexibility index (Phi) is 2.35. The quantitative estimate of drug-likeness (QED) is 0.612. The van der Waals surface area contributed by atoms with Gasteiger partial charge in [-0.15, -0.1) is 0 Å². The van der Waals surface area contributed by atoms with Crippen molar-refractivity contribution in [2.45, 2.75) is 19.6 Å². The molecule has 0 aromatic carbocycles. The van der Waals surface area contributed by atoms with Crippen molar-refractivity contribution in [1.82, 2.24) is 4.98 Å². The maximum absolute atomic E-state index is 5.71. The van der Waals surface area contributed by atoms with E-state index >= 15 is 0 Å². The SMILES string of the molecule is C[Si](C)(C)c1ccc(Cl)cn1. The lowest BCUT2D eigenvalue weighted by Gasteiger charge is -2.14. The Labute approximate surface area is 73.4 Å². The van der Waals surface area contributed by atoms with Gasteiger partial charge in [-0.25, -0.2) is 0 Å². The van der Waals surface area contributed by atoms with Gasteiger partial charge in [0.1, 0.15) is 8.07 Å². The van der Waals surface area contributed by atoms with Crippen LogP contribution in [0.15, 0.2) is 18.3 Å². The highest BCUT2D eigenvalue weighted by atomic mass is 35.5. The molecule has 0 fully saturated rings. The summed E-state index contributed by atoms with van der Waals surface area (Å²) < 4.78 is 0. The van der Waals surface area contributed by atoms with Gasteiger partial charge in [-0.3, -0.25) is 4.98 Å². The van der Waals surface area contributed by atoms with Crippen molar-refractivity contribution in [1.29, 1.82) is 0 Å². The first-order valence-electron chi connectivity index (χ1n) is 3.62. The molecule has 0 N–H and O–H groups in total. The van der Waals surface area contributed by atoms with E-state index in [0.29, 0.717) is 5.02 Å². The van der Waals surface area contributed by atoms with Gasteiger partial charge in [0, 0.05) is 11.5 Å². The summed E-state index contributed by atoms with van der Waals surface area (Å²) in [6, 6.07) is 3.93. The average molecular weight is 186 g/mol. The molecule has 11 heavy (non-hydrogen) atoms. The highest BCUT2D eigenvalue weighted by molar-refractivity contribution is 6.88. The van der Waals surface area contributed by atoms with E-state index in [-0.39, 0.29) is 0 Å². The Hall–Kier alpha value is -0.343. The van der Waals surface area contributed by atoms with Crippen LogP contribution in [-0.4, -0.2) is 13.1 Å². The summed E-state index contributed by atoms with van der Waals surface area (Å²) in [7, 11) is -1.23. The Balaban J connectivity index is 2.99. The predicted octanol–water partition coefficient (Wildman–Crippen LogP) is 2.28. The molecule has 0 aliphatic carbocycles. The molecule has 60 valence electrons. The lowest BCUT2D eigenvalue weighted by Crippen LogP contribution is -2.39. The standard InChI is InChI=1S/C8H12ClNSi/c1-11(2,3)8-5-4-7(9)6-10-8/h4-6H,1-3H3. The molecule has 0 atom stereocenters. The van der Waals surface area contributed by atoms with Crippen molar-refractivity contribution in [2.75, 3.05) is 0 Å². The fourth-order valence-corrected chi connectivity index (χ4v) is 1.97. The minimum Gasteiger partial charge on any atom is -0.265 e. The first kappa shape index (κ1) is 8.75. The zero-order valence-corrected chi connectivity index (χ0v) is 8.81. The molecule has 3 heteroatoms. The molecular weight excluding hydrogens is 174 g/mol. The van der Waals surface area contributed by atoms with E-state index in [1.807, 2.05) is 12.1 Å². The number of aromatic nitrogens is 1. The molecule has 1 nitrogen and oxygen atoms in total. The van der Waals surface area contributed by atoms with Gasteiger partial charge >= 0.3 is 0 Å². The van der Waals surface area contributed by atoms with E-state index < -0.39 is 8.07 Å². The maximum atomic E-state index is 5.71. The molecule has 1 heterocycles. The smallest absolute Gasteiger partial charge is 0.101 e. The van der Waals surface area contributed by atoms with Gasteiger partial charge in [-0.2, -0.15) is 0 Å². The third-order valence-corrected chi connectivity index (χ3v) is 3.55. The van der Waals surface area contributed by atoms with Gasteiger partial charge in [0.05, 0.1) is 5.02 Å². The molecule has 1 aromatic heterocycles. The van der Waals surface area contributed by atoms with Crippen LogP contribution >= 0.6 is 11.6 Å². The van der Waals surface area contributed by atoms with Crippen LogP contribution in [-0.2, 0) is 0 Å². The normalized spacial score (nSPS) is 11.6. The summed E-state index contributed by atoms with van der Waals surface area (Å²) in [4.78, 5) is 4.28. The second kappa shape index (κ2) is 2.95. The first-order chi connectivity index (χ1) is 5.00. The largest absolute Gasteiger partial charge is 0.265 e. The Morgan fingerprint density at radius 2 is 1.91 bits per heavy atom. The van der Waals surface area contributed by atoms with Crippen molar-refractivity contribution >= 4 is 25.0 Å². The number of hydrogen-bond acceptors (Lipinski definition) is 1. The highest BCUT2D eigenvalue weighted by Crippen LogP contribution is 2.05. The molecule has 0 aliphatic heterocycles. The number of halogens is 1. The summed E-state index contributed by atoms with van der Waals surface area (Å²) in [5.41, 5.74) is 0. The fraction of sp³-hybridized carbons (Fsp3) is 0.375. The first-order valence-corrected chi connectivity index (χ1v) is 7.50. The number of hydrogen-bond donors (Lipinski definition) is 0. The minimum absolute atomic E-state index is 0.715. The monoisotopic (exact) mass is 185 g/mol. The third kappa shape index (κ3) is 2.31. The summed E-state index contributed by atoms with van der Waals surface area (Å²) in [5.74, 6) is 0. The number of rotatable bonds is 1. The molecule has 0 amide bonds. The van der Waals surface area contributed by atoms with Crippen molar-refractivity contribution in [3.63, 3.8) is 0 Å². The van der Waals surface area contributed by atoms with Crippen molar-refractivity contribution in [3.05, 3.63) is 23.4 Å². The topological polar surface area (TPSA) is 12.9 Å². The van der Waals surface area contributed by atoms with Crippen LogP contribution in [0.4, 0.5) is 0 Å². The molecule has 0 spiro atoms. The summed E-state index contributed by atoms with van der Waals surface area (Å²) in [6.45, 7) is 6.80. The highest BCUT2D eigenvalue weighted by Gasteiger charge is 2.17. The van der Waals surface area contributed by atoms with Crippen LogP contribution in [0.25, 0.3) is 0 Å². The molecule has 0 aliphatic rings. The van der Waals surface area contributed by atoms with Crippen LogP contribution in [0.2, 0.25) is 24.7 Å². The van der Waals surface area contributed by atoms with Crippen LogP contribution in [0, 0.1) is 0 Å². The predicted molar refractivity (Wildman–Crippen MR) is 52.2 cm³/mol. The van der Waals surface area contributed by atoms with Gasteiger partial charge in [-0.05, 0) is 12.1 Å². The van der Waals surface area contributed by atoms with E-state index in [1.54, 1.807) is 6.20 Å². The molecule has 1 rings (SSSR count). The lowest BCUT2D eigenvalue weighted by atomic mass is 10.5. The Morgan fingerprint density at radius 1 is 1.27 bits per heavy atom. The summed E-state index contributed by atoms with van der Waals surface area (Å²) >= 11 is 5.71. The zero-order valence-electron chi connectivity index (χ0n) is 7.06. The number of nitrogens with zero attached hydrogens (tertiary/aromatic N) is 1. The van der Waals surface area contributed by atoms with Crippen LogP contribution in [0.5, 0.6) is 0 Å². The van der Waals surface area contributed by atoms with Crippen LogP contribution in [0.3, 0.4) is 0 Å². The third-order valence-electron chi connectivity index (χ3n) is 1.50. The average Bonchev–Trinajstić information content (AvgIpc) is 1.86. The van der Waals surface area contributed by atoms with Crippen LogP contribution in [0.1, 0.15) is 0 Å². The molecule has 0 saturated heterocycles. The van der Waals surface area contributed by atoms with Gasteiger partial charge in [0.2, 0.25) is 0 Å². The maximum Gasteiger partial charge on any atom is 0.101 e. The van der Waals surface area contributed by atoms with Crippen LogP contribution < -0.4 is 5.32 Å². The second-order valence-corrected chi connectivity index (χ2v) is 9.06. The second-order valence-electron chi connectivity index (χ2n) is 3.61. The van der Waals surface area contributed by atoms with E-state index in [9.17, 15) is 0 Å². The van der Waals surface area contributed by atoms with Crippen molar-refractivity contribution in [3.8, 4) is 0 Å². The summed E-state index contributed by atoms with van der Waals surface area (Å²) in [5, 5.41) is 1.92. The molecule has 1 aromatic rings. The Morgan fingerprint density at radius 3 is 2.27 bits per heavy atom. The van der Waals surface area contributed by atoms with Gasteiger partial charge in [0.15, 0.2) is 0 Å². The zero-order chi connectivity index (χ0) is 8.48. The molecule has 0 saturated carbocycles. The van der Waals surface area contributed by atoms with E-state index in [0.717, 1.165) is 0 Å². The van der Waals surface area contributed by atoms with Gasteiger partial charge in [-0.1, -0.05) is 31.2 Å². The van der Waals surface area contributed by atoms with Crippen molar-refractivity contribution < 1.29 is 0 Å². The lowest BCUT2D eigenvalue weighted by molar-refractivity contribution is 1.36.